The zero-order valence-corrected chi connectivity index (χ0v) is 11.2. The van der Waals surface area contributed by atoms with Gasteiger partial charge in [0.15, 0.2) is 11.5 Å². The van der Waals surface area contributed by atoms with E-state index in [2.05, 4.69) is 27.5 Å². The standard InChI is InChI=1S/C15H15N3O2/c1-9(19)13-14(17-18-16-13)20-12-4-2-11(3-5-12)15-6-10(7-15)8-15/h2-5,10H,6-8H2,1H3,(H,16,17,18). The van der Waals surface area contributed by atoms with E-state index in [9.17, 15) is 4.79 Å². The largest absolute Gasteiger partial charge is 0.436 e. The molecule has 0 saturated heterocycles. The van der Waals surface area contributed by atoms with Gasteiger partial charge in [0.1, 0.15) is 5.75 Å². The van der Waals surface area contributed by atoms with Crippen LogP contribution in [0, 0.1) is 5.92 Å². The fourth-order valence-corrected chi connectivity index (χ4v) is 3.34. The van der Waals surface area contributed by atoms with E-state index in [1.54, 1.807) is 0 Å². The number of nitrogens with zero attached hydrogens (tertiary/aromatic N) is 2. The molecule has 20 heavy (non-hydrogen) atoms. The normalized spacial score (nSPS) is 26.6. The van der Waals surface area contributed by atoms with Crippen LogP contribution in [0.4, 0.5) is 0 Å². The molecule has 2 aromatic rings. The number of carbonyl (C=O) groups is 1. The second-order valence-corrected chi connectivity index (χ2v) is 5.93. The summed E-state index contributed by atoms with van der Waals surface area (Å²) in [5.74, 6) is 1.74. The number of Topliss-reactive ketones (excluding diaryl/α,β-unsaturated/α-hetero) is 1. The molecule has 102 valence electrons. The fraction of sp³-hybridized carbons (Fsp3) is 0.400. The van der Waals surface area contributed by atoms with Crippen molar-refractivity contribution < 1.29 is 9.53 Å². The lowest BCUT2D eigenvalue weighted by atomic mass is 9.42. The molecule has 1 heterocycles. The summed E-state index contributed by atoms with van der Waals surface area (Å²) < 4.78 is 5.62. The first-order chi connectivity index (χ1) is 9.66. The van der Waals surface area contributed by atoms with Crippen LogP contribution in [0.2, 0.25) is 0 Å². The number of ether oxygens (including phenoxy) is 1. The lowest BCUT2D eigenvalue weighted by Gasteiger charge is -2.62. The average Bonchev–Trinajstić information content (AvgIpc) is 2.76. The van der Waals surface area contributed by atoms with Gasteiger partial charge in [0, 0.05) is 6.92 Å². The van der Waals surface area contributed by atoms with E-state index in [0.717, 1.165) is 5.92 Å². The van der Waals surface area contributed by atoms with Crippen molar-refractivity contribution in [1.29, 1.82) is 0 Å². The summed E-state index contributed by atoms with van der Waals surface area (Å²) in [5, 5.41) is 9.94. The van der Waals surface area contributed by atoms with E-state index in [0.29, 0.717) is 16.9 Å². The molecule has 0 radical (unpaired) electrons. The van der Waals surface area contributed by atoms with Gasteiger partial charge >= 0.3 is 0 Å². The Labute approximate surface area is 116 Å². The van der Waals surface area contributed by atoms with Crippen molar-refractivity contribution in [2.75, 3.05) is 0 Å². The minimum Gasteiger partial charge on any atom is -0.436 e. The summed E-state index contributed by atoms with van der Waals surface area (Å²) >= 11 is 0. The first kappa shape index (κ1) is 11.6. The number of ketones is 1. The summed E-state index contributed by atoms with van der Waals surface area (Å²) in [5.41, 5.74) is 2.16. The number of carbonyl (C=O) groups excluding carboxylic acids is 1. The highest BCUT2D eigenvalue weighted by atomic mass is 16.5. The van der Waals surface area contributed by atoms with Gasteiger partial charge in [-0.15, -0.1) is 0 Å². The van der Waals surface area contributed by atoms with Crippen LogP contribution in [-0.2, 0) is 5.41 Å². The second kappa shape index (κ2) is 3.91. The maximum absolute atomic E-state index is 11.4. The first-order valence-corrected chi connectivity index (χ1v) is 6.87. The van der Waals surface area contributed by atoms with Crippen LogP contribution in [0.1, 0.15) is 42.2 Å². The molecule has 5 heteroatoms. The van der Waals surface area contributed by atoms with Crippen molar-refractivity contribution >= 4 is 5.78 Å². The van der Waals surface area contributed by atoms with Gasteiger partial charge in [-0.3, -0.25) is 9.89 Å². The third-order valence-electron chi connectivity index (χ3n) is 4.59. The molecule has 5 rings (SSSR count). The molecule has 0 aliphatic heterocycles. The predicted molar refractivity (Wildman–Crippen MR) is 71.9 cm³/mol. The predicted octanol–water partition coefficient (Wildman–Crippen LogP) is 2.85. The van der Waals surface area contributed by atoms with Crippen LogP contribution in [0.3, 0.4) is 0 Å². The maximum Gasteiger partial charge on any atom is 0.269 e. The smallest absolute Gasteiger partial charge is 0.269 e. The number of nitrogens with one attached hydrogen (secondary N) is 1. The minimum absolute atomic E-state index is 0.143. The Hall–Kier alpha value is -2.17. The molecule has 1 aromatic heterocycles. The monoisotopic (exact) mass is 269 g/mol. The molecule has 1 N–H and O–H groups in total. The van der Waals surface area contributed by atoms with Crippen molar-refractivity contribution in [3.05, 3.63) is 35.5 Å². The summed E-state index contributed by atoms with van der Waals surface area (Å²) in [6.07, 6.45) is 4.01. The zero-order chi connectivity index (χ0) is 13.7. The highest BCUT2D eigenvalue weighted by Crippen LogP contribution is 2.65. The van der Waals surface area contributed by atoms with Crippen LogP contribution < -0.4 is 4.74 Å². The van der Waals surface area contributed by atoms with Gasteiger partial charge < -0.3 is 4.74 Å². The number of H-pyrrole nitrogens is 1. The number of aromatic nitrogens is 3. The van der Waals surface area contributed by atoms with E-state index < -0.39 is 0 Å². The SMILES string of the molecule is CC(=O)c1[nH]nnc1Oc1ccc(C23CC(C2)C3)cc1. The summed E-state index contributed by atoms with van der Waals surface area (Å²) in [6.45, 7) is 1.45. The van der Waals surface area contributed by atoms with E-state index in [-0.39, 0.29) is 11.7 Å². The van der Waals surface area contributed by atoms with Crippen molar-refractivity contribution in [2.45, 2.75) is 31.6 Å². The zero-order valence-electron chi connectivity index (χ0n) is 11.2. The van der Waals surface area contributed by atoms with Gasteiger partial charge in [0.2, 0.25) is 0 Å². The third-order valence-corrected chi connectivity index (χ3v) is 4.59. The topological polar surface area (TPSA) is 67.9 Å². The van der Waals surface area contributed by atoms with Crippen LogP contribution in [0.25, 0.3) is 0 Å². The molecule has 3 saturated carbocycles. The average molecular weight is 269 g/mol. The van der Waals surface area contributed by atoms with Crippen molar-refractivity contribution in [3.8, 4) is 11.6 Å². The molecule has 1 aromatic carbocycles. The molecular weight excluding hydrogens is 254 g/mol. The molecular formula is C15H15N3O2. The Bertz CT molecular complexity index is 658. The summed E-state index contributed by atoms with van der Waals surface area (Å²) in [4.78, 5) is 11.4. The van der Waals surface area contributed by atoms with Gasteiger partial charge in [-0.1, -0.05) is 22.4 Å². The lowest BCUT2D eigenvalue weighted by Crippen LogP contribution is -2.55. The number of aromatic amines is 1. The summed E-state index contributed by atoms with van der Waals surface area (Å²) in [7, 11) is 0. The Kier molecular flexibility index (Phi) is 2.28. The Morgan fingerprint density at radius 3 is 2.55 bits per heavy atom. The molecule has 0 amide bonds. The van der Waals surface area contributed by atoms with E-state index in [1.165, 1.54) is 31.7 Å². The Morgan fingerprint density at radius 2 is 2.00 bits per heavy atom. The lowest BCUT2D eigenvalue weighted by molar-refractivity contribution is -0.0274. The van der Waals surface area contributed by atoms with Crippen molar-refractivity contribution in [1.82, 2.24) is 15.4 Å². The van der Waals surface area contributed by atoms with E-state index in [1.807, 2.05) is 12.1 Å². The van der Waals surface area contributed by atoms with Crippen molar-refractivity contribution in [2.24, 2.45) is 5.92 Å². The molecule has 0 atom stereocenters. The number of benzene rings is 1. The van der Waals surface area contributed by atoms with Gasteiger partial charge in [-0.2, -0.15) is 0 Å². The van der Waals surface area contributed by atoms with Gasteiger partial charge in [-0.05, 0) is 48.3 Å². The highest BCUT2D eigenvalue weighted by molar-refractivity contribution is 5.94. The second-order valence-electron chi connectivity index (χ2n) is 5.93. The summed E-state index contributed by atoms with van der Waals surface area (Å²) in [6, 6.07) is 8.12. The van der Waals surface area contributed by atoms with E-state index >= 15 is 0 Å². The molecule has 3 aliphatic carbocycles. The van der Waals surface area contributed by atoms with Gasteiger partial charge in [-0.25, -0.2) is 0 Å². The van der Waals surface area contributed by atoms with Crippen molar-refractivity contribution in [3.63, 3.8) is 0 Å². The highest BCUT2D eigenvalue weighted by Gasteiger charge is 2.57. The van der Waals surface area contributed by atoms with Gasteiger partial charge in [0.25, 0.3) is 5.88 Å². The fourth-order valence-electron chi connectivity index (χ4n) is 3.34. The molecule has 5 nitrogen and oxygen atoms in total. The first-order valence-electron chi connectivity index (χ1n) is 6.87. The maximum atomic E-state index is 11.4. The molecule has 3 fully saturated rings. The van der Waals surface area contributed by atoms with Crippen LogP contribution in [0.5, 0.6) is 11.6 Å². The van der Waals surface area contributed by atoms with E-state index in [4.69, 9.17) is 4.74 Å². The third kappa shape index (κ3) is 1.59. The van der Waals surface area contributed by atoms with Crippen LogP contribution >= 0.6 is 0 Å². The van der Waals surface area contributed by atoms with Crippen LogP contribution in [-0.4, -0.2) is 21.2 Å². The molecule has 0 unspecified atom stereocenters. The van der Waals surface area contributed by atoms with Gasteiger partial charge in [0.05, 0.1) is 0 Å². The molecule has 0 spiro atoms. The molecule has 2 bridgehead atoms. The number of hydrogen-bond acceptors (Lipinski definition) is 4. The van der Waals surface area contributed by atoms with Crippen LogP contribution in [0.15, 0.2) is 24.3 Å². The molecule has 3 aliphatic rings. The minimum atomic E-state index is -0.143. The number of rotatable bonds is 4. The Morgan fingerprint density at radius 1 is 1.30 bits per heavy atom. The number of hydrogen-bond donors (Lipinski definition) is 1. The Balaban J connectivity index is 1.54. The quantitative estimate of drug-likeness (QED) is 0.867.